The molecule has 0 fully saturated rings. The van der Waals surface area contributed by atoms with Gasteiger partial charge in [0, 0.05) is 11.5 Å². The van der Waals surface area contributed by atoms with E-state index >= 15 is 0 Å². The summed E-state index contributed by atoms with van der Waals surface area (Å²) in [6.07, 6.45) is 6.21. The van der Waals surface area contributed by atoms with Gasteiger partial charge >= 0.3 is 0 Å². The van der Waals surface area contributed by atoms with Gasteiger partial charge in [0.15, 0.2) is 0 Å². The van der Waals surface area contributed by atoms with Crippen LogP contribution in [0.1, 0.15) is 26.2 Å². The summed E-state index contributed by atoms with van der Waals surface area (Å²) in [7, 11) is -2.75. The van der Waals surface area contributed by atoms with E-state index in [9.17, 15) is 9.67 Å². The molecule has 1 rings (SSSR count). The third-order valence-electron chi connectivity index (χ3n) is 2.79. The summed E-state index contributed by atoms with van der Waals surface area (Å²) in [5.41, 5.74) is 0.0512. The van der Waals surface area contributed by atoms with Gasteiger partial charge < -0.3 is 9.63 Å². The Kier molecular flexibility index (Phi) is 6.06. The van der Waals surface area contributed by atoms with Crippen LogP contribution in [0.5, 0.6) is 0 Å². The van der Waals surface area contributed by atoms with Crippen LogP contribution in [0.3, 0.4) is 0 Å². The summed E-state index contributed by atoms with van der Waals surface area (Å²) in [6.45, 7) is 2.25. The molecule has 0 radical (unpaired) electrons. The number of aliphatic hydroxyl groups is 1. The predicted molar refractivity (Wildman–Crippen MR) is 67.6 cm³/mol. The fraction of sp³-hybridized carbons (Fsp3) is 0.818. The maximum Gasteiger partial charge on any atom is 0.209 e. The highest BCUT2D eigenvalue weighted by atomic mass is 35.5. The Morgan fingerprint density at radius 1 is 1.62 bits per heavy atom. The SMILES string of the molecule is CCOP(=O)(CC(O)CCl)C1CC=CCC1. The van der Waals surface area contributed by atoms with Crippen molar-refractivity contribution < 1.29 is 14.2 Å². The molecule has 5 heteroatoms. The van der Waals surface area contributed by atoms with Crippen LogP contribution in [0, 0.1) is 0 Å². The van der Waals surface area contributed by atoms with Gasteiger partial charge in [0.05, 0.1) is 18.9 Å². The quantitative estimate of drug-likeness (QED) is 0.457. The van der Waals surface area contributed by atoms with E-state index in [1.165, 1.54) is 0 Å². The summed E-state index contributed by atoms with van der Waals surface area (Å²) in [6, 6.07) is 0. The molecule has 3 atom stereocenters. The first kappa shape index (κ1) is 14.2. The Morgan fingerprint density at radius 2 is 2.38 bits per heavy atom. The van der Waals surface area contributed by atoms with Crippen molar-refractivity contribution in [1.82, 2.24) is 0 Å². The van der Waals surface area contributed by atoms with Gasteiger partial charge in [0.2, 0.25) is 7.37 Å². The molecule has 0 bridgehead atoms. The molecule has 1 N–H and O–H groups in total. The van der Waals surface area contributed by atoms with E-state index in [1.807, 2.05) is 13.0 Å². The number of alkyl halides is 1. The fourth-order valence-corrected chi connectivity index (χ4v) is 5.02. The van der Waals surface area contributed by atoms with E-state index in [1.54, 1.807) is 0 Å². The topological polar surface area (TPSA) is 46.5 Å². The Hall–Kier alpha value is 0.180. The second kappa shape index (κ2) is 6.80. The molecule has 0 aromatic carbocycles. The lowest BCUT2D eigenvalue weighted by Gasteiger charge is -2.29. The predicted octanol–water partition coefficient (Wildman–Crippen LogP) is 3.01. The third-order valence-corrected chi connectivity index (χ3v) is 6.35. The summed E-state index contributed by atoms with van der Waals surface area (Å²) in [4.78, 5) is 0. The standard InChI is InChI=1S/C11H20ClO3P/c1-2-15-16(14,9-10(13)8-12)11-6-4-3-5-7-11/h3-4,10-11,13H,2,5-9H2,1H3. The van der Waals surface area contributed by atoms with Crippen LogP contribution in [0.2, 0.25) is 0 Å². The van der Waals surface area contributed by atoms with Crippen LogP contribution in [0.4, 0.5) is 0 Å². The van der Waals surface area contributed by atoms with E-state index in [2.05, 4.69) is 6.08 Å². The van der Waals surface area contributed by atoms with E-state index in [-0.39, 0.29) is 17.7 Å². The molecule has 16 heavy (non-hydrogen) atoms. The Labute approximate surface area is 102 Å². The van der Waals surface area contributed by atoms with Gasteiger partial charge in [-0.1, -0.05) is 12.2 Å². The number of hydrogen-bond acceptors (Lipinski definition) is 3. The summed E-state index contributed by atoms with van der Waals surface area (Å²) in [5.74, 6) is 0.111. The van der Waals surface area contributed by atoms with E-state index < -0.39 is 13.5 Å². The normalized spacial score (nSPS) is 26.3. The highest BCUT2D eigenvalue weighted by molar-refractivity contribution is 7.59. The molecule has 0 amide bonds. The molecular formula is C11H20ClO3P. The molecule has 0 saturated carbocycles. The smallest absolute Gasteiger partial charge is 0.209 e. The van der Waals surface area contributed by atoms with E-state index in [0.29, 0.717) is 6.61 Å². The first-order chi connectivity index (χ1) is 7.62. The Bertz CT molecular complexity index is 280. The highest BCUT2D eigenvalue weighted by Crippen LogP contribution is 2.56. The number of hydrogen-bond donors (Lipinski definition) is 1. The van der Waals surface area contributed by atoms with Crippen molar-refractivity contribution in [3.8, 4) is 0 Å². The number of halogens is 1. The van der Waals surface area contributed by atoms with Crippen LogP contribution in [0.25, 0.3) is 0 Å². The number of aliphatic hydroxyl groups excluding tert-OH is 1. The largest absolute Gasteiger partial charge is 0.391 e. The van der Waals surface area contributed by atoms with Crippen molar-refractivity contribution in [1.29, 1.82) is 0 Å². The number of allylic oxidation sites excluding steroid dienone is 2. The maximum atomic E-state index is 12.7. The van der Waals surface area contributed by atoms with E-state index in [4.69, 9.17) is 16.1 Å². The van der Waals surface area contributed by atoms with Crippen LogP contribution in [-0.2, 0) is 9.09 Å². The van der Waals surface area contributed by atoms with Crippen molar-refractivity contribution in [2.24, 2.45) is 0 Å². The van der Waals surface area contributed by atoms with E-state index in [0.717, 1.165) is 19.3 Å². The summed E-state index contributed by atoms with van der Waals surface area (Å²) >= 11 is 5.56. The molecule has 0 spiro atoms. The molecule has 1 aliphatic rings. The minimum absolute atomic E-state index is 0.0512. The van der Waals surface area contributed by atoms with Crippen LogP contribution >= 0.6 is 19.0 Å². The molecule has 0 aliphatic heterocycles. The molecule has 3 nitrogen and oxygen atoms in total. The second-order valence-corrected chi connectivity index (χ2v) is 7.19. The maximum absolute atomic E-state index is 12.7. The lowest BCUT2D eigenvalue weighted by Crippen LogP contribution is -2.22. The van der Waals surface area contributed by atoms with Crippen molar-refractivity contribution in [2.45, 2.75) is 37.9 Å². The minimum Gasteiger partial charge on any atom is -0.391 e. The zero-order valence-electron chi connectivity index (χ0n) is 9.64. The second-order valence-electron chi connectivity index (χ2n) is 4.07. The van der Waals surface area contributed by atoms with Crippen LogP contribution in [0.15, 0.2) is 12.2 Å². The fourth-order valence-electron chi connectivity index (χ4n) is 2.00. The first-order valence-electron chi connectivity index (χ1n) is 5.74. The van der Waals surface area contributed by atoms with Crippen molar-refractivity contribution >= 4 is 19.0 Å². The molecule has 0 aromatic heterocycles. The zero-order valence-corrected chi connectivity index (χ0v) is 11.3. The van der Waals surface area contributed by atoms with Gasteiger partial charge in [0.25, 0.3) is 0 Å². The van der Waals surface area contributed by atoms with Gasteiger partial charge in [0.1, 0.15) is 0 Å². The highest BCUT2D eigenvalue weighted by Gasteiger charge is 2.35. The molecule has 0 saturated heterocycles. The Morgan fingerprint density at radius 3 is 2.88 bits per heavy atom. The van der Waals surface area contributed by atoms with Crippen molar-refractivity contribution in [3.63, 3.8) is 0 Å². The first-order valence-corrected chi connectivity index (χ1v) is 8.16. The molecular weight excluding hydrogens is 247 g/mol. The van der Waals surface area contributed by atoms with Gasteiger partial charge in [-0.2, -0.15) is 0 Å². The zero-order chi connectivity index (χ0) is 12.0. The van der Waals surface area contributed by atoms with Crippen LogP contribution in [-0.4, -0.2) is 35.5 Å². The Balaban J connectivity index is 2.70. The van der Waals surface area contributed by atoms with Gasteiger partial charge in [-0.15, -0.1) is 11.6 Å². The van der Waals surface area contributed by atoms with Gasteiger partial charge in [-0.3, -0.25) is 4.57 Å². The average Bonchev–Trinajstić information content (AvgIpc) is 2.30. The molecule has 94 valence electrons. The average molecular weight is 267 g/mol. The molecule has 1 aliphatic carbocycles. The summed E-state index contributed by atoms with van der Waals surface area (Å²) < 4.78 is 18.1. The lowest BCUT2D eigenvalue weighted by atomic mass is 10.1. The molecule has 0 heterocycles. The monoisotopic (exact) mass is 266 g/mol. The number of rotatable bonds is 6. The summed E-state index contributed by atoms with van der Waals surface area (Å²) in [5, 5.41) is 9.55. The molecule has 3 unspecified atom stereocenters. The lowest BCUT2D eigenvalue weighted by molar-refractivity contribution is 0.211. The minimum atomic E-state index is -2.75. The van der Waals surface area contributed by atoms with Crippen LogP contribution < -0.4 is 0 Å². The van der Waals surface area contributed by atoms with Crippen molar-refractivity contribution in [3.05, 3.63) is 12.2 Å². The van der Waals surface area contributed by atoms with Crippen molar-refractivity contribution in [2.75, 3.05) is 18.6 Å². The molecule has 0 aromatic rings. The third kappa shape index (κ3) is 3.89. The van der Waals surface area contributed by atoms with Gasteiger partial charge in [-0.05, 0) is 26.2 Å². The van der Waals surface area contributed by atoms with Gasteiger partial charge in [-0.25, -0.2) is 0 Å².